The third-order valence-electron chi connectivity index (χ3n) is 6.00. The van der Waals surface area contributed by atoms with Gasteiger partial charge in [-0.1, -0.05) is 36.7 Å². The van der Waals surface area contributed by atoms with Crippen molar-refractivity contribution in [2.45, 2.75) is 32.4 Å². The van der Waals surface area contributed by atoms with E-state index in [1.807, 2.05) is 6.92 Å². The fourth-order valence-corrected chi connectivity index (χ4v) is 4.74. The van der Waals surface area contributed by atoms with Crippen molar-refractivity contribution in [3.8, 4) is 11.5 Å². The van der Waals surface area contributed by atoms with Crippen LogP contribution in [-0.4, -0.2) is 41.6 Å². The van der Waals surface area contributed by atoms with Gasteiger partial charge in [0.1, 0.15) is 23.4 Å². The summed E-state index contributed by atoms with van der Waals surface area (Å²) in [6, 6.07) is 17.1. The molecule has 1 saturated heterocycles. The highest BCUT2D eigenvalue weighted by molar-refractivity contribution is 7.80. The van der Waals surface area contributed by atoms with Crippen molar-refractivity contribution in [1.29, 1.82) is 0 Å². The number of hydrogen-bond acceptors (Lipinski definition) is 5. The van der Waals surface area contributed by atoms with Crippen LogP contribution in [0.25, 0.3) is 0 Å². The van der Waals surface area contributed by atoms with Gasteiger partial charge in [0, 0.05) is 17.8 Å². The summed E-state index contributed by atoms with van der Waals surface area (Å²) in [7, 11) is 1.49. The van der Waals surface area contributed by atoms with Crippen molar-refractivity contribution >= 4 is 52.1 Å². The lowest BCUT2D eigenvalue weighted by atomic mass is 10.1. The Morgan fingerprint density at radius 3 is 2.53 bits per heavy atom. The van der Waals surface area contributed by atoms with Gasteiger partial charge >= 0.3 is 0 Å². The summed E-state index contributed by atoms with van der Waals surface area (Å²) in [5, 5.41) is 3.26. The lowest BCUT2D eigenvalue weighted by Crippen LogP contribution is -2.37. The maximum Gasteiger partial charge on any atom is 0.256 e. The molecule has 1 aliphatic rings. The third kappa shape index (κ3) is 6.06. The minimum absolute atomic E-state index is 0.0129. The molecule has 1 fully saturated rings. The largest absolute Gasteiger partial charge is 0.495 e. The average Bonchev–Trinajstić information content (AvgIpc) is 3.13. The number of ether oxygens (including phenoxy) is 2. The van der Waals surface area contributed by atoms with E-state index in [-0.39, 0.29) is 24.0 Å². The number of amides is 2. The minimum Gasteiger partial charge on any atom is -0.495 e. The third-order valence-corrected chi connectivity index (χ3v) is 6.71. The van der Waals surface area contributed by atoms with Gasteiger partial charge in [0.15, 0.2) is 5.11 Å². The van der Waals surface area contributed by atoms with Crippen molar-refractivity contribution in [3.05, 3.63) is 83.1 Å². The molecule has 3 aromatic carbocycles. The Kier molecular flexibility index (Phi) is 8.81. The van der Waals surface area contributed by atoms with E-state index in [2.05, 4.69) is 5.32 Å². The smallest absolute Gasteiger partial charge is 0.256 e. The molecule has 7 nitrogen and oxygen atoms in total. The van der Waals surface area contributed by atoms with Crippen LogP contribution in [0.2, 0.25) is 5.02 Å². The lowest BCUT2D eigenvalue weighted by Gasteiger charge is -2.24. The number of thiocarbonyl (C=S) groups is 1. The number of nitrogens with zero attached hydrogens (tertiary/aromatic N) is 2. The van der Waals surface area contributed by atoms with Crippen LogP contribution in [0.15, 0.2) is 66.7 Å². The predicted molar refractivity (Wildman–Crippen MR) is 149 cm³/mol. The second-order valence-electron chi connectivity index (χ2n) is 8.64. The normalized spacial score (nSPS) is 15.1. The lowest BCUT2D eigenvalue weighted by molar-refractivity contribution is -0.124. The number of halogens is 2. The van der Waals surface area contributed by atoms with E-state index in [1.165, 1.54) is 18.1 Å². The highest BCUT2D eigenvalue weighted by Gasteiger charge is 2.44. The molecule has 4 rings (SSSR count). The predicted octanol–water partition coefficient (Wildman–Crippen LogP) is 5.81. The van der Waals surface area contributed by atoms with Crippen molar-refractivity contribution in [3.63, 3.8) is 0 Å². The molecule has 1 N–H and O–H groups in total. The molecule has 0 aromatic heterocycles. The summed E-state index contributed by atoms with van der Waals surface area (Å²) in [6.45, 7) is 2.63. The second kappa shape index (κ2) is 12.2. The Morgan fingerprint density at radius 2 is 1.87 bits per heavy atom. The first kappa shape index (κ1) is 27.3. The van der Waals surface area contributed by atoms with Gasteiger partial charge < -0.3 is 19.7 Å². The summed E-state index contributed by atoms with van der Waals surface area (Å²) in [5.41, 5.74) is 1.34. The van der Waals surface area contributed by atoms with Crippen molar-refractivity contribution < 1.29 is 23.5 Å². The molecule has 0 aliphatic carbocycles. The van der Waals surface area contributed by atoms with Crippen molar-refractivity contribution in [1.82, 2.24) is 4.90 Å². The fraction of sp³-hybridized carbons (Fsp3) is 0.250. The Labute approximate surface area is 231 Å². The molecule has 2 amide bonds. The zero-order chi connectivity index (χ0) is 27.2. The summed E-state index contributed by atoms with van der Waals surface area (Å²) < 4.78 is 25.3. The van der Waals surface area contributed by atoms with Gasteiger partial charge in [-0.15, -0.1) is 0 Å². The van der Waals surface area contributed by atoms with Crippen LogP contribution in [0.1, 0.15) is 25.3 Å². The number of anilines is 2. The Balaban J connectivity index is 1.57. The van der Waals surface area contributed by atoms with Gasteiger partial charge in [-0.25, -0.2) is 4.39 Å². The summed E-state index contributed by atoms with van der Waals surface area (Å²) in [4.78, 5) is 29.5. The summed E-state index contributed by atoms with van der Waals surface area (Å²) >= 11 is 12.0. The van der Waals surface area contributed by atoms with Gasteiger partial charge in [-0.2, -0.15) is 0 Å². The SMILES string of the molecule is CCCOc1ccc(NC(=O)C[C@H]2C(=O)N(c3ccc(OC)c(Cl)c3)C(=S)N2Cc2ccccc2F)cc1. The standard InChI is InChI=1S/C28H27ClFN3O4S/c1-3-14-37-21-11-8-19(9-12-21)31-26(34)16-24-27(35)33(20-10-13-25(36-2)22(29)15-20)28(38)32(24)17-18-6-4-5-7-23(18)30/h4-13,15,24H,3,14,16-17H2,1-2H3,(H,31,34)/t24-/m0/s1. The molecular weight excluding hydrogens is 529 g/mol. The molecule has 0 saturated carbocycles. The van der Waals surface area contributed by atoms with Crippen LogP contribution in [0.5, 0.6) is 11.5 Å². The van der Waals surface area contributed by atoms with E-state index in [0.717, 1.165) is 6.42 Å². The average molecular weight is 556 g/mol. The van der Waals surface area contributed by atoms with E-state index in [9.17, 15) is 14.0 Å². The molecule has 198 valence electrons. The van der Waals surface area contributed by atoms with Crippen LogP contribution >= 0.6 is 23.8 Å². The Bertz CT molecular complexity index is 1340. The van der Waals surface area contributed by atoms with E-state index < -0.39 is 17.8 Å². The van der Waals surface area contributed by atoms with Gasteiger partial charge in [0.2, 0.25) is 5.91 Å². The van der Waals surface area contributed by atoms with Crippen molar-refractivity contribution in [2.75, 3.05) is 23.9 Å². The van der Waals surface area contributed by atoms with E-state index in [0.29, 0.717) is 40.1 Å². The molecule has 1 atom stereocenters. The fourth-order valence-electron chi connectivity index (χ4n) is 4.10. The van der Waals surface area contributed by atoms with Crippen LogP contribution < -0.4 is 19.7 Å². The number of carbonyl (C=O) groups is 2. The monoisotopic (exact) mass is 555 g/mol. The minimum atomic E-state index is -0.949. The van der Waals surface area contributed by atoms with Gasteiger partial charge in [-0.05, 0) is 67.2 Å². The molecule has 1 heterocycles. The van der Waals surface area contributed by atoms with E-state index >= 15 is 0 Å². The molecular formula is C28H27ClFN3O4S. The zero-order valence-corrected chi connectivity index (χ0v) is 22.5. The van der Waals surface area contributed by atoms with E-state index in [1.54, 1.807) is 65.6 Å². The van der Waals surface area contributed by atoms with Crippen molar-refractivity contribution in [2.24, 2.45) is 0 Å². The van der Waals surface area contributed by atoms with Crippen LogP contribution in [-0.2, 0) is 16.1 Å². The summed E-state index contributed by atoms with van der Waals surface area (Å²) in [5.74, 6) is -0.0842. The number of hydrogen-bond donors (Lipinski definition) is 1. The zero-order valence-electron chi connectivity index (χ0n) is 20.9. The van der Waals surface area contributed by atoms with Crippen LogP contribution in [0, 0.1) is 5.82 Å². The number of nitrogens with one attached hydrogen (secondary N) is 1. The number of rotatable bonds is 10. The highest BCUT2D eigenvalue weighted by Crippen LogP contribution is 2.34. The van der Waals surface area contributed by atoms with Gasteiger partial charge in [-0.3, -0.25) is 14.5 Å². The molecule has 0 spiro atoms. The number of methoxy groups -OCH3 is 1. The quantitative estimate of drug-likeness (QED) is 0.318. The topological polar surface area (TPSA) is 71.1 Å². The second-order valence-corrected chi connectivity index (χ2v) is 9.41. The first-order valence-electron chi connectivity index (χ1n) is 12.1. The Hall–Kier alpha value is -3.69. The molecule has 0 radical (unpaired) electrons. The highest BCUT2D eigenvalue weighted by atomic mass is 35.5. The first-order valence-corrected chi connectivity index (χ1v) is 12.8. The molecule has 0 unspecified atom stereocenters. The first-order chi connectivity index (χ1) is 18.3. The molecule has 10 heteroatoms. The Morgan fingerprint density at radius 1 is 1.13 bits per heavy atom. The molecule has 1 aliphatic heterocycles. The van der Waals surface area contributed by atoms with E-state index in [4.69, 9.17) is 33.3 Å². The number of benzene rings is 3. The van der Waals surface area contributed by atoms with Gasteiger partial charge in [0.25, 0.3) is 5.91 Å². The van der Waals surface area contributed by atoms with Crippen LogP contribution in [0.4, 0.5) is 15.8 Å². The van der Waals surface area contributed by atoms with Gasteiger partial charge in [0.05, 0.1) is 30.8 Å². The molecule has 0 bridgehead atoms. The summed E-state index contributed by atoms with van der Waals surface area (Å²) in [6.07, 6.45) is 0.695. The molecule has 3 aromatic rings. The van der Waals surface area contributed by atoms with Crippen LogP contribution in [0.3, 0.4) is 0 Å². The number of carbonyl (C=O) groups excluding carboxylic acids is 2. The maximum absolute atomic E-state index is 14.5. The molecule has 38 heavy (non-hydrogen) atoms. The maximum atomic E-state index is 14.5.